The molecule has 0 radical (unpaired) electrons. The standard InChI is InChI=1S/C11H24N2O/c1-5-9(4)8-10(13-12)11(6-2)14-7-3/h10-11,13H,4-8,12H2,1-3H3. The molecular weight excluding hydrogens is 176 g/mol. The summed E-state index contributed by atoms with van der Waals surface area (Å²) in [7, 11) is 0. The predicted octanol–water partition coefficient (Wildman–Crippen LogP) is 1.99. The van der Waals surface area contributed by atoms with Gasteiger partial charge in [0.25, 0.3) is 0 Å². The van der Waals surface area contributed by atoms with Crippen LogP contribution in [0.1, 0.15) is 40.0 Å². The Bertz CT molecular complexity index is 159. The molecular formula is C11H24N2O. The normalized spacial score (nSPS) is 15.1. The Labute approximate surface area is 87.7 Å². The molecule has 2 atom stereocenters. The Morgan fingerprint density at radius 1 is 1.43 bits per heavy atom. The first-order valence-electron chi connectivity index (χ1n) is 5.43. The molecule has 3 heteroatoms. The largest absolute Gasteiger partial charge is 0.377 e. The summed E-state index contributed by atoms with van der Waals surface area (Å²) in [4.78, 5) is 0. The van der Waals surface area contributed by atoms with Gasteiger partial charge in [0.15, 0.2) is 0 Å². The highest BCUT2D eigenvalue weighted by Crippen LogP contribution is 2.13. The second-order valence-corrected chi connectivity index (χ2v) is 3.48. The third-order valence-corrected chi connectivity index (χ3v) is 2.45. The van der Waals surface area contributed by atoms with Gasteiger partial charge in [-0.05, 0) is 26.2 Å². The Kier molecular flexibility index (Phi) is 7.76. The molecule has 0 amide bonds. The highest BCUT2D eigenvalue weighted by Gasteiger charge is 2.19. The van der Waals surface area contributed by atoms with Crippen LogP contribution in [0.2, 0.25) is 0 Å². The third-order valence-electron chi connectivity index (χ3n) is 2.45. The van der Waals surface area contributed by atoms with E-state index in [0.717, 1.165) is 25.9 Å². The lowest BCUT2D eigenvalue weighted by Crippen LogP contribution is -2.45. The summed E-state index contributed by atoms with van der Waals surface area (Å²) >= 11 is 0. The van der Waals surface area contributed by atoms with E-state index in [1.807, 2.05) is 6.92 Å². The SMILES string of the molecule is C=C(CC)CC(NN)C(CC)OCC. The van der Waals surface area contributed by atoms with Crippen LogP contribution in [0.15, 0.2) is 12.2 Å². The van der Waals surface area contributed by atoms with E-state index in [-0.39, 0.29) is 12.1 Å². The first-order chi connectivity index (χ1) is 6.69. The van der Waals surface area contributed by atoms with Crippen molar-refractivity contribution >= 4 is 0 Å². The van der Waals surface area contributed by atoms with Gasteiger partial charge in [0, 0.05) is 6.61 Å². The van der Waals surface area contributed by atoms with Gasteiger partial charge in [-0.25, -0.2) is 0 Å². The molecule has 0 aliphatic carbocycles. The molecule has 0 aliphatic heterocycles. The molecule has 0 bridgehead atoms. The zero-order valence-corrected chi connectivity index (χ0v) is 9.68. The van der Waals surface area contributed by atoms with Gasteiger partial charge in [-0.15, -0.1) is 0 Å². The van der Waals surface area contributed by atoms with Gasteiger partial charge in [0.1, 0.15) is 0 Å². The van der Waals surface area contributed by atoms with Crippen molar-refractivity contribution in [1.82, 2.24) is 5.43 Å². The van der Waals surface area contributed by atoms with Crippen LogP contribution in [-0.2, 0) is 4.74 Å². The molecule has 0 heterocycles. The summed E-state index contributed by atoms with van der Waals surface area (Å²) < 4.78 is 5.61. The van der Waals surface area contributed by atoms with E-state index in [4.69, 9.17) is 10.6 Å². The van der Waals surface area contributed by atoms with E-state index < -0.39 is 0 Å². The number of nitrogens with two attached hydrogens (primary N) is 1. The van der Waals surface area contributed by atoms with Crippen molar-refractivity contribution < 1.29 is 4.74 Å². The van der Waals surface area contributed by atoms with E-state index in [1.54, 1.807) is 0 Å². The average molecular weight is 200 g/mol. The number of hydrogen-bond donors (Lipinski definition) is 2. The lowest BCUT2D eigenvalue weighted by Gasteiger charge is -2.25. The van der Waals surface area contributed by atoms with E-state index in [0.29, 0.717) is 0 Å². The van der Waals surface area contributed by atoms with Gasteiger partial charge < -0.3 is 4.74 Å². The maximum Gasteiger partial charge on any atom is 0.0741 e. The molecule has 0 fully saturated rings. The monoisotopic (exact) mass is 200 g/mol. The van der Waals surface area contributed by atoms with E-state index >= 15 is 0 Å². The van der Waals surface area contributed by atoms with Gasteiger partial charge in [0.05, 0.1) is 12.1 Å². The average Bonchev–Trinajstić information content (AvgIpc) is 2.22. The second kappa shape index (κ2) is 7.97. The summed E-state index contributed by atoms with van der Waals surface area (Å²) in [6.07, 6.45) is 3.06. The number of hydrogen-bond acceptors (Lipinski definition) is 3. The van der Waals surface area contributed by atoms with Gasteiger partial charge in [0.2, 0.25) is 0 Å². The summed E-state index contributed by atoms with van der Waals surface area (Å²) in [5.74, 6) is 5.51. The van der Waals surface area contributed by atoms with E-state index in [2.05, 4.69) is 25.9 Å². The zero-order chi connectivity index (χ0) is 11.0. The summed E-state index contributed by atoms with van der Waals surface area (Å²) in [6.45, 7) is 10.9. The van der Waals surface area contributed by atoms with Crippen molar-refractivity contribution in [3.63, 3.8) is 0 Å². The number of hydrazine groups is 1. The van der Waals surface area contributed by atoms with Crippen LogP contribution in [0.3, 0.4) is 0 Å². The van der Waals surface area contributed by atoms with Crippen LogP contribution < -0.4 is 11.3 Å². The van der Waals surface area contributed by atoms with Crippen LogP contribution in [0.4, 0.5) is 0 Å². The number of ether oxygens (including phenoxy) is 1. The van der Waals surface area contributed by atoms with Crippen molar-refractivity contribution in [2.45, 2.75) is 52.2 Å². The van der Waals surface area contributed by atoms with E-state index in [1.165, 1.54) is 5.57 Å². The van der Waals surface area contributed by atoms with Crippen molar-refractivity contribution in [2.24, 2.45) is 5.84 Å². The fourth-order valence-corrected chi connectivity index (χ4v) is 1.49. The molecule has 0 aromatic heterocycles. The van der Waals surface area contributed by atoms with Gasteiger partial charge in [-0.2, -0.15) is 0 Å². The Morgan fingerprint density at radius 2 is 2.07 bits per heavy atom. The molecule has 84 valence electrons. The van der Waals surface area contributed by atoms with Crippen LogP contribution >= 0.6 is 0 Å². The van der Waals surface area contributed by atoms with E-state index in [9.17, 15) is 0 Å². The highest BCUT2D eigenvalue weighted by molar-refractivity contribution is 4.98. The van der Waals surface area contributed by atoms with Crippen molar-refractivity contribution in [1.29, 1.82) is 0 Å². The Morgan fingerprint density at radius 3 is 2.43 bits per heavy atom. The molecule has 0 saturated heterocycles. The first-order valence-corrected chi connectivity index (χ1v) is 5.43. The minimum absolute atomic E-state index is 0.187. The second-order valence-electron chi connectivity index (χ2n) is 3.48. The minimum atomic E-state index is 0.187. The summed E-state index contributed by atoms with van der Waals surface area (Å²) in [5.41, 5.74) is 4.03. The van der Waals surface area contributed by atoms with Gasteiger partial charge >= 0.3 is 0 Å². The first kappa shape index (κ1) is 13.6. The highest BCUT2D eigenvalue weighted by atomic mass is 16.5. The molecule has 14 heavy (non-hydrogen) atoms. The minimum Gasteiger partial charge on any atom is -0.377 e. The van der Waals surface area contributed by atoms with Gasteiger partial charge in [-0.1, -0.05) is 26.0 Å². The Hall–Kier alpha value is -0.380. The molecule has 2 unspecified atom stereocenters. The van der Waals surface area contributed by atoms with Gasteiger partial charge in [-0.3, -0.25) is 11.3 Å². The van der Waals surface area contributed by atoms with Crippen molar-refractivity contribution in [2.75, 3.05) is 6.61 Å². The number of rotatable bonds is 8. The van der Waals surface area contributed by atoms with Crippen LogP contribution in [0, 0.1) is 0 Å². The quantitative estimate of drug-likeness (QED) is 0.358. The topological polar surface area (TPSA) is 47.3 Å². The lowest BCUT2D eigenvalue weighted by atomic mass is 10.00. The molecule has 0 rings (SSSR count). The smallest absolute Gasteiger partial charge is 0.0741 e. The maximum atomic E-state index is 5.61. The molecule has 0 aliphatic rings. The summed E-state index contributed by atoms with van der Waals surface area (Å²) in [6, 6.07) is 0.187. The zero-order valence-electron chi connectivity index (χ0n) is 9.68. The predicted molar refractivity (Wildman–Crippen MR) is 60.9 cm³/mol. The van der Waals surface area contributed by atoms with Crippen molar-refractivity contribution in [3.8, 4) is 0 Å². The molecule has 3 N–H and O–H groups in total. The molecule has 0 aromatic carbocycles. The fraction of sp³-hybridized carbons (Fsp3) is 0.818. The molecule has 0 spiro atoms. The van der Waals surface area contributed by atoms with Crippen LogP contribution in [0.25, 0.3) is 0 Å². The molecule has 3 nitrogen and oxygen atoms in total. The van der Waals surface area contributed by atoms with Crippen molar-refractivity contribution in [3.05, 3.63) is 12.2 Å². The Balaban J connectivity index is 4.13. The van der Waals surface area contributed by atoms with Crippen LogP contribution in [0.5, 0.6) is 0 Å². The number of nitrogens with one attached hydrogen (secondary N) is 1. The maximum absolute atomic E-state index is 5.61. The molecule has 0 aromatic rings. The lowest BCUT2D eigenvalue weighted by molar-refractivity contribution is 0.0318. The third kappa shape index (κ3) is 4.74. The summed E-state index contributed by atoms with van der Waals surface area (Å²) in [5, 5.41) is 0. The molecule has 0 saturated carbocycles. The van der Waals surface area contributed by atoms with Crippen LogP contribution in [-0.4, -0.2) is 18.8 Å². The fourth-order valence-electron chi connectivity index (χ4n) is 1.49.